The Morgan fingerprint density at radius 3 is 2.00 bits per heavy atom. The molecule has 37 heavy (non-hydrogen) atoms. The van der Waals surface area contributed by atoms with E-state index >= 15 is 0 Å². The van der Waals surface area contributed by atoms with Gasteiger partial charge in [0.15, 0.2) is 0 Å². The van der Waals surface area contributed by atoms with Gasteiger partial charge in [-0.05, 0) is 70.6 Å². The second-order valence-corrected chi connectivity index (χ2v) is 10.5. The molecule has 1 unspecified atom stereocenters. The van der Waals surface area contributed by atoms with Crippen molar-refractivity contribution in [1.82, 2.24) is 4.98 Å². The predicted octanol–water partition coefficient (Wildman–Crippen LogP) is 7.71. The van der Waals surface area contributed by atoms with Crippen LogP contribution in [0.3, 0.4) is 0 Å². The number of nitriles is 2. The van der Waals surface area contributed by atoms with Gasteiger partial charge in [0.05, 0.1) is 18.4 Å². The van der Waals surface area contributed by atoms with Crippen molar-refractivity contribution in [3.05, 3.63) is 110 Å². The van der Waals surface area contributed by atoms with E-state index in [2.05, 4.69) is 49.0 Å². The van der Waals surface area contributed by atoms with Gasteiger partial charge in [-0.15, -0.1) is 0 Å². The Bertz CT molecular complexity index is 1610. The molecule has 0 radical (unpaired) electrons. The molecule has 0 bridgehead atoms. The number of aromatic nitrogens is 1. The second-order valence-electron chi connectivity index (χ2n) is 8.63. The molecule has 1 atom stereocenters. The zero-order valence-corrected chi connectivity index (χ0v) is 23.0. The summed E-state index contributed by atoms with van der Waals surface area (Å²) in [5.74, 6) is 0.690. The molecule has 0 amide bonds. The highest BCUT2D eigenvalue weighted by atomic mass is 79.9. The highest BCUT2D eigenvalue weighted by molar-refractivity contribution is 9.10. The molecule has 1 aromatic heterocycles. The maximum atomic E-state index is 10.4. The van der Waals surface area contributed by atoms with Gasteiger partial charge in [0.25, 0.3) is 0 Å². The molecule has 0 fully saturated rings. The average molecular weight is 612 g/mol. The van der Waals surface area contributed by atoms with Crippen LogP contribution in [0.25, 0.3) is 22.3 Å². The van der Waals surface area contributed by atoms with Crippen LogP contribution in [-0.2, 0) is 0 Å². The lowest BCUT2D eigenvalue weighted by molar-refractivity contribution is 0.414. The first-order valence-corrected chi connectivity index (χ1v) is 13.1. The van der Waals surface area contributed by atoms with Crippen molar-refractivity contribution in [1.29, 1.82) is 10.5 Å². The van der Waals surface area contributed by atoms with Crippen molar-refractivity contribution in [3.8, 4) is 29.0 Å². The first-order chi connectivity index (χ1) is 17.9. The number of fused-ring (bicyclic) bond motifs is 1. The number of hydrogen-bond acceptors (Lipinski definition) is 5. The minimum Gasteiger partial charge on any atom is -0.497 e. The van der Waals surface area contributed by atoms with E-state index in [-0.39, 0.29) is 11.7 Å². The molecule has 0 spiro atoms. The maximum absolute atomic E-state index is 10.4. The van der Waals surface area contributed by atoms with Crippen molar-refractivity contribution >= 4 is 48.8 Å². The largest absolute Gasteiger partial charge is 0.497 e. The lowest BCUT2D eigenvalue weighted by Gasteiger charge is -2.31. The Labute approximate surface area is 232 Å². The van der Waals surface area contributed by atoms with Crippen LogP contribution in [0.1, 0.15) is 40.3 Å². The van der Waals surface area contributed by atoms with Crippen molar-refractivity contribution in [3.63, 3.8) is 0 Å². The zero-order chi connectivity index (χ0) is 26.1. The Morgan fingerprint density at radius 2 is 1.46 bits per heavy atom. The lowest BCUT2D eigenvalue weighted by Crippen LogP contribution is -2.17. The van der Waals surface area contributed by atoms with Gasteiger partial charge in [0.1, 0.15) is 29.3 Å². The third-order valence-electron chi connectivity index (χ3n) is 6.63. The summed E-state index contributed by atoms with van der Waals surface area (Å²) in [6.45, 7) is 0. The fourth-order valence-corrected chi connectivity index (χ4v) is 5.41. The fourth-order valence-electron chi connectivity index (χ4n) is 4.88. The fraction of sp³-hybridized carbons (Fsp3) is 0.100. The van der Waals surface area contributed by atoms with Gasteiger partial charge in [-0.1, -0.05) is 68.3 Å². The summed E-state index contributed by atoms with van der Waals surface area (Å²) in [4.78, 5) is 4.67. The van der Waals surface area contributed by atoms with E-state index in [0.717, 1.165) is 42.5 Å². The molecule has 2 N–H and O–H groups in total. The predicted molar refractivity (Wildman–Crippen MR) is 153 cm³/mol. The number of rotatable bonds is 4. The molecule has 5 nitrogen and oxygen atoms in total. The molecule has 0 saturated carbocycles. The van der Waals surface area contributed by atoms with Crippen molar-refractivity contribution < 1.29 is 4.74 Å². The number of pyridine rings is 1. The quantitative estimate of drug-likeness (QED) is 0.255. The molecule has 0 saturated heterocycles. The molecule has 1 heterocycles. The highest BCUT2D eigenvalue weighted by Gasteiger charge is 2.34. The van der Waals surface area contributed by atoms with E-state index in [9.17, 15) is 10.5 Å². The number of methoxy groups -OCH3 is 1. The van der Waals surface area contributed by atoms with E-state index in [4.69, 9.17) is 10.5 Å². The van der Waals surface area contributed by atoms with Crippen LogP contribution in [-0.4, -0.2) is 12.1 Å². The van der Waals surface area contributed by atoms with Crippen molar-refractivity contribution in [2.45, 2.75) is 12.3 Å². The third-order valence-corrected chi connectivity index (χ3v) is 7.68. The van der Waals surface area contributed by atoms with Crippen LogP contribution in [0.5, 0.6) is 5.75 Å². The van der Waals surface area contributed by atoms with Crippen molar-refractivity contribution in [2.75, 3.05) is 12.8 Å². The van der Waals surface area contributed by atoms with Gasteiger partial charge >= 0.3 is 0 Å². The number of halogens is 2. The molecule has 1 aliphatic rings. The monoisotopic (exact) mass is 610 g/mol. The molecule has 3 aromatic carbocycles. The molecule has 5 rings (SSSR count). The normalized spacial score (nSPS) is 14.5. The topological polar surface area (TPSA) is 95.7 Å². The van der Waals surface area contributed by atoms with Crippen LogP contribution in [0.2, 0.25) is 0 Å². The standard InChI is InChI=1S/C30H20Br2N4O/c1-37-22-12-6-18(7-13-22)24-14-23(17-2-8-20(31)9-3-17)25(15-33)29-28(24)27(26(16-34)30(35)36-29)19-4-10-21(32)11-5-19/h2-13,24H,14H2,1H3,(H2,35,36). The molecule has 1 aliphatic carbocycles. The summed E-state index contributed by atoms with van der Waals surface area (Å²) in [5, 5.41) is 20.5. The molecule has 7 heteroatoms. The Hall–Kier alpha value is -3.91. The molecular weight excluding hydrogens is 592 g/mol. The summed E-state index contributed by atoms with van der Waals surface area (Å²) in [7, 11) is 1.63. The molecule has 4 aromatic rings. The lowest BCUT2D eigenvalue weighted by atomic mass is 9.73. The molecular formula is C30H20Br2N4O. The van der Waals surface area contributed by atoms with E-state index < -0.39 is 0 Å². The summed E-state index contributed by atoms with van der Waals surface area (Å²) in [6, 6.07) is 28.3. The highest BCUT2D eigenvalue weighted by Crippen LogP contribution is 2.50. The number of hydrogen-bond donors (Lipinski definition) is 1. The Morgan fingerprint density at radius 1 is 0.865 bits per heavy atom. The number of nitrogen functional groups attached to an aromatic ring is 1. The minimum atomic E-state index is -0.171. The number of allylic oxidation sites excluding steroid dienone is 2. The van der Waals surface area contributed by atoms with Crippen LogP contribution >= 0.6 is 31.9 Å². The molecule has 180 valence electrons. The smallest absolute Gasteiger partial charge is 0.142 e. The van der Waals surface area contributed by atoms with Gasteiger partial charge < -0.3 is 10.5 Å². The number of anilines is 1. The Balaban J connectivity index is 1.87. The van der Waals surface area contributed by atoms with E-state index in [1.54, 1.807) is 7.11 Å². The summed E-state index contributed by atoms with van der Waals surface area (Å²) >= 11 is 7.00. The first kappa shape index (κ1) is 24.8. The van der Waals surface area contributed by atoms with Gasteiger partial charge in [0, 0.05) is 20.4 Å². The van der Waals surface area contributed by atoms with Crippen LogP contribution < -0.4 is 10.5 Å². The van der Waals surface area contributed by atoms with E-state index in [1.807, 2.05) is 72.8 Å². The van der Waals surface area contributed by atoms with Crippen LogP contribution in [0, 0.1) is 22.7 Å². The minimum absolute atomic E-state index is 0.109. The van der Waals surface area contributed by atoms with Crippen LogP contribution in [0.15, 0.2) is 81.7 Å². The SMILES string of the molecule is COc1ccc(C2CC(c3ccc(Br)cc3)=C(C#N)c3nc(N)c(C#N)c(-c4ccc(Br)cc4)c32)cc1. The zero-order valence-electron chi connectivity index (χ0n) is 19.8. The summed E-state index contributed by atoms with van der Waals surface area (Å²) in [5.41, 5.74) is 12.9. The number of benzene rings is 3. The van der Waals surface area contributed by atoms with Gasteiger partial charge in [0.2, 0.25) is 0 Å². The maximum Gasteiger partial charge on any atom is 0.142 e. The van der Waals surface area contributed by atoms with Crippen LogP contribution in [0.4, 0.5) is 5.82 Å². The number of nitrogens with zero attached hydrogens (tertiary/aromatic N) is 3. The Kier molecular flexibility index (Phi) is 6.84. The summed E-state index contributed by atoms with van der Waals surface area (Å²) in [6.07, 6.45) is 0.559. The average Bonchev–Trinajstić information content (AvgIpc) is 2.92. The van der Waals surface area contributed by atoms with Gasteiger partial charge in [-0.3, -0.25) is 0 Å². The first-order valence-electron chi connectivity index (χ1n) is 11.5. The third kappa shape index (κ3) is 4.53. The van der Waals surface area contributed by atoms with Gasteiger partial charge in [-0.25, -0.2) is 4.98 Å². The van der Waals surface area contributed by atoms with E-state index in [1.165, 1.54) is 0 Å². The second kappa shape index (κ2) is 10.2. The molecule has 0 aliphatic heterocycles. The van der Waals surface area contributed by atoms with E-state index in [0.29, 0.717) is 28.8 Å². The van der Waals surface area contributed by atoms with Gasteiger partial charge in [-0.2, -0.15) is 10.5 Å². The van der Waals surface area contributed by atoms with Crippen molar-refractivity contribution in [2.24, 2.45) is 0 Å². The summed E-state index contributed by atoms with van der Waals surface area (Å²) < 4.78 is 7.26. The number of ether oxygens (including phenoxy) is 1. The number of nitrogens with two attached hydrogens (primary N) is 1.